The molecule has 1 aliphatic heterocycles. The first kappa shape index (κ1) is 13.1. The van der Waals surface area contributed by atoms with Gasteiger partial charge in [0.1, 0.15) is 6.33 Å². The Morgan fingerprint density at radius 3 is 2.70 bits per heavy atom. The summed E-state index contributed by atoms with van der Waals surface area (Å²) in [6, 6.07) is 9.41. The number of hydrogen-bond acceptors (Lipinski definition) is 5. The van der Waals surface area contributed by atoms with Crippen LogP contribution in [0.15, 0.2) is 30.6 Å². The Morgan fingerprint density at radius 1 is 1.25 bits per heavy atom. The molecule has 1 N–H and O–H groups in total. The van der Waals surface area contributed by atoms with E-state index in [9.17, 15) is 0 Å². The second-order valence-electron chi connectivity index (χ2n) is 5.50. The van der Waals surface area contributed by atoms with E-state index in [0.29, 0.717) is 12.1 Å². The number of rotatable bonds is 3. The van der Waals surface area contributed by atoms with E-state index in [1.54, 1.807) is 11.0 Å². The van der Waals surface area contributed by atoms with Gasteiger partial charge in [-0.3, -0.25) is 0 Å². The molecule has 2 aromatic rings. The Labute approximate surface area is 118 Å². The molecular formula is C14H20N6. The van der Waals surface area contributed by atoms with Crippen LogP contribution in [0.2, 0.25) is 0 Å². The zero-order chi connectivity index (χ0) is 13.9. The van der Waals surface area contributed by atoms with Crippen molar-refractivity contribution in [1.29, 1.82) is 0 Å². The molecule has 2 heterocycles. The summed E-state index contributed by atoms with van der Waals surface area (Å²) in [6.07, 6.45) is 3.97. The van der Waals surface area contributed by atoms with Crippen LogP contribution in [-0.4, -0.2) is 50.8 Å². The number of anilines is 1. The van der Waals surface area contributed by atoms with Crippen LogP contribution in [0, 0.1) is 0 Å². The maximum Gasteiger partial charge on any atom is 0.143 e. The molecule has 0 saturated carbocycles. The molecule has 2 unspecified atom stereocenters. The molecule has 20 heavy (non-hydrogen) atoms. The van der Waals surface area contributed by atoms with Crippen LogP contribution in [0.5, 0.6) is 0 Å². The predicted octanol–water partition coefficient (Wildman–Crippen LogP) is 1.56. The van der Waals surface area contributed by atoms with Crippen LogP contribution in [0.1, 0.15) is 19.8 Å². The Hall–Kier alpha value is -1.95. The first-order valence-corrected chi connectivity index (χ1v) is 7.02. The van der Waals surface area contributed by atoms with E-state index in [1.807, 2.05) is 12.1 Å². The van der Waals surface area contributed by atoms with Crippen molar-refractivity contribution >= 4 is 5.69 Å². The molecular weight excluding hydrogens is 252 g/mol. The number of piperidine rings is 1. The van der Waals surface area contributed by atoms with Crippen molar-refractivity contribution in [1.82, 2.24) is 25.1 Å². The molecule has 6 nitrogen and oxygen atoms in total. The summed E-state index contributed by atoms with van der Waals surface area (Å²) in [5, 5.41) is 14.8. The van der Waals surface area contributed by atoms with Gasteiger partial charge in [0.05, 0.1) is 5.69 Å². The maximum absolute atomic E-state index is 3.88. The number of hydrogen-bond donors (Lipinski definition) is 1. The lowest BCUT2D eigenvalue weighted by Crippen LogP contribution is -2.42. The van der Waals surface area contributed by atoms with Gasteiger partial charge in [-0.15, -0.1) is 5.10 Å². The van der Waals surface area contributed by atoms with Gasteiger partial charge in [0, 0.05) is 24.3 Å². The fraction of sp³-hybridized carbons (Fsp3) is 0.500. The molecule has 2 atom stereocenters. The number of aromatic nitrogens is 4. The van der Waals surface area contributed by atoms with Crippen LogP contribution < -0.4 is 5.32 Å². The van der Waals surface area contributed by atoms with Crippen LogP contribution in [0.25, 0.3) is 5.69 Å². The van der Waals surface area contributed by atoms with Gasteiger partial charge in [0.2, 0.25) is 0 Å². The zero-order valence-corrected chi connectivity index (χ0v) is 11.9. The Kier molecular flexibility index (Phi) is 3.64. The van der Waals surface area contributed by atoms with Gasteiger partial charge in [-0.25, -0.2) is 4.68 Å². The molecule has 1 saturated heterocycles. The molecule has 0 bridgehead atoms. The second-order valence-corrected chi connectivity index (χ2v) is 5.50. The number of nitrogens with zero attached hydrogens (tertiary/aromatic N) is 5. The van der Waals surface area contributed by atoms with Crippen LogP contribution >= 0.6 is 0 Å². The highest BCUT2D eigenvalue weighted by Gasteiger charge is 2.22. The minimum absolute atomic E-state index is 0.556. The molecule has 0 radical (unpaired) electrons. The summed E-state index contributed by atoms with van der Waals surface area (Å²) >= 11 is 0. The van der Waals surface area contributed by atoms with Crippen LogP contribution in [0.4, 0.5) is 5.69 Å². The highest BCUT2D eigenvalue weighted by atomic mass is 15.5. The van der Waals surface area contributed by atoms with Gasteiger partial charge in [0.15, 0.2) is 0 Å². The molecule has 0 amide bonds. The Balaban J connectivity index is 1.64. The van der Waals surface area contributed by atoms with Crippen molar-refractivity contribution in [2.45, 2.75) is 31.8 Å². The normalized spacial score (nSPS) is 23.7. The summed E-state index contributed by atoms with van der Waals surface area (Å²) in [4.78, 5) is 2.42. The number of nitrogens with one attached hydrogen (secondary N) is 1. The van der Waals surface area contributed by atoms with E-state index in [4.69, 9.17) is 0 Å². The Bertz CT molecular complexity index is 535. The third-order valence-electron chi connectivity index (χ3n) is 4.06. The first-order valence-electron chi connectivity index (χ1n) is 7.02. The largest absolute Gasteiger partial charge is 0.382 e. The molecule has 0 aliphatic carbocycles. The van der Waals surface area contributed by atoms with Crippen molar-refractivity contribution in [3.05, 3.63) is 30.6 Å². The highest BCUT2D eigenvalue weighted by Crippen LogP contribution is 2.20. The average Bonchev–Trinajstić information content (AvgIpc) is 2.98. The molecule has 106 valence electrons. The fourth-order valence-corrected chi connectivity index (χ4v) is 2.65. The minimum Gasteiger partial charge on any atom is -0.382 e. The van der Waals surface area contributed by atoms with Gasteiger partial charge in [-0.05, 0) is 61.5 Å². The SMILES string of the molecule is CC1CC(Nc2ccc(-n3cnnn3)cc2)CCN1C. The topological polar surface area (TPSA) is 58.9 Å². The van der Waals surface area contributed by atoms with Crippen molar-refractivity contribution in [3.8, 4) is 5.69 Å². The van der Waals surface area contributed by atoms with E-state index < -0.39 is 0 Å². The molecule has 1 fully saturated rings. The number of tetrazole rings is 1. The van der Waals surface area contributed by atoms with Crippen molar-refractivity contribution in [2.75, 3.05) is 18.9 Å². The van der Waals surface area contributed by atoms with Crippen molar-refractivity contribution < 1.29 is 0 Å². The van der Waals surface area contributed by atoms with E-state index in [-0.39, 0.29) is 0 Å². The first-order chi connectivity index (χ1) is 9.72. The smallest absolute Gasteiger partial charge is 0.143 e. The summed E-state index contributed by atoms with van der Waals surface area (Å²) in [5.74, 6) is 0. The quantitative estimate of drug-likeness (QED) is 0.919. The van der Waals surface area contributed by atoms with Gasteiger partial charge in [-0.2, -0.15) is 0 Å². The van der Waals surface area contributed by atoms with E-state index in [2.05, 4.69) is 51.8 Å². The fourth-order valence-electron chi connectivity index (χ4n) is 2.65. The van der Waals surface area contributed by atoms with Gasteiger partial charge in [0.25, 0.3) is 0 Å². The zero-order valence-electron chi connectivity index (χ0n) is 11.9. The summed E-state index contributed by atoms with van der Waals surface area (Å²) < 4.78 is 1.65. The lowest BCUT2D eigenvalue weighted by molar-refractivity contribution is 0.190. The third-order valence-corrected chi connectivity index (χ3v) is 4.06. The molecule has 0 spiro atoms. The lowest BCUT2D eigenvalue weighted by atomic mass is 9.98. The summed E-state index contributed by atoms with van der Waals surface area (Å²) in [6.45, 7) is 3.44. The second kappa shape index (κ2) is 5.58. The number of benzene rings is 1. The minimum atomic E-state index is 0.556. The molecule has 3 rings (SSSR count). The summed E-state index contributed by atoms with van der Waals surface area (Å²) in [7, 11) is 2.20. The third kappa shape index (κ3) is 2.80. The van der Waals surface area contributed by atoms with Crippen LogP contribution in [0.3, 0.4) is 0 Å². The van der Waals surface area contributed by atoms with Gasteiger partial charge in [-0.1, -0.05) is 0 Å². The van der Waals surface area contributed by atoms with Gasteiger partial charge < -0.3 is 10.2 Å². The standard InChI is InChI=1S/C14H20N6/c1-11-9-13(7-8-19(11)2)16-12-3-5-14(6-4-12)20-10-15-17-18-20/h3-6,10-11,13,16H,7-9H2,1-2H3. The van der Waals surface area contributed by atoms with Crippen molar-refractivity contribution in [3.63, 3.8) is 0 Å². The molecule has 6 heteroatoms. The summed E-state index contributed by atoms with van der Waals surface area (Å²) in [5.41, 5.74) is 2.13. The highest BCUT2D eigenvalue weighted by molar-refractivity contribution is 5.49. The lowest BCUT2D eigenvalue weighted by Gasteiger charge is -2.35. The molecule has 1 aromatic carbocycles. The van der Waals surface area contributed by atoms with E-state index >= 15 is 0 Å². The monoisotopic (exact) mass is 272 g/mol. The molecule has 1 aliphatic rings. The van der Waals surface area contributed by atoms with Crippen LogP contribution in [-0.2, 0) is 0 Å². The Morgan fingerprint density at radius 2 is 2.05 bits per heavy atom. The average molecular weight is 272 g/mol. The van der Waals surface area contributed by atoms with Crippen molar-refractivity contribution in [2.24, 2.45) is 0 Å². The molecule has 1 aromatic heterocycles. The van der Waals surface area contributed by atoms with Gasteiger partial charge >= 0.3 is 0 Å². The van der Waals surface area contributed by atoms with E-state index in [1.165, 1.54) is 12.8 Å². The maximum atomic E-state index is 3.88. The predicted molar refractivity (Wildman–Crippen MR) is 77.9 cm³/mol. The number of likely N-dealkylation sites (tertiary alicyclic amines) is 1. The van der Waals surface area contributed by atoms with E-state index in [0.717, 1.165) is 17.9 Å².